The molecule has 9 nitrogen and oxygen atoms in total. The Bertz CT molecular complexity index is 1500. The van der Waals surface area contributed by atoms with Gasteiger partial charge in [-0.05, 0) is 36.4 Å². The second-order valence-electron chi connectivity index (χ2n) is 6.36. The van der Waals surface area contributed by atoms with Crippen molar-refractivity contribution >= 4 is 28.2 Å². The number of rotatable bonds is 3. The van der Waals surface area contributed by atoms with Crippen LogP contribution in [-0.4, -0.2) is 29.5 Å². The van der Waals surface area contributed by atoms with Gasteiger partial charge in [-0.2, -0.15) is 9.78 Å². The molecule has 0 unspecified atom stereocenters. The number of para-hydroxylation sites is 1. The molecule has 0 fully saturated rings. The van der Waals surface area contributed by atoms with Crippen molar-refractivity contribution in [2.24, 2.45) is 0 Å². The van der Waals surface area contributed by atoms with Crippen molar-refractivity contribution < 1.29 is 0 Å². The third-order valence-electron chi connectivity index (χ3n) is 4.48. The molecule has 0 aliphatic heterocycles. The Morgan fingerprint density at radius 1 is 1.00 bits per heavy atom. The lowest BCUT2D eigenvalue weighted by Gasteiger charge is -2.07. The lowest BCUT2D eigenvalue weighted by molar-refractivity contribution is 0.947. The molecule has 0 aliphatic rings. The van der Waals surface area contributed by atoms with Crippen molar-refractivity contribution in [2.75, 3.05) is 5.32 Å². The number of aromatic nitrogens is 6. The fourth-order valence-corrected chi connectivity index (χ4v) is 3.04. The SMILES string of the molecule is N#Cc1ccc(-c2nc3c4ccccc4nc(Nc4cnccnc4=O)n3n2)cc1. The van der Waals surface area contributed by atoms with Crippen molar-refractivity contribution in [1.82, 2.24) is 29.5 Å². The minimum atomic E-state index is -0.469. The molecule has 30 heavy (non-hydrogen) atoms. The monoisotopic (exact) mass is 392 g/mol. The fourth-order valence-electron chi connectivity index (χ4n) is 3.04. The topological polar surface area (TPSA) is 122 Å². The number of nitrogens with one attached hydrogen (secondary N) is 1. The molecule has 142 valence electrons. The highest BCUT2D eigenvalue weighted by atomic mass is 16.1. The van der Waals surface area contributed by atoms with Crippen LogP contribution in [0.4, 0.5) is 11.6 Å². The minimum Gasteiger partial charge on any atom is -0.318 e. The van der Waals surface area contributed by atoms with Gasteiger partial charge in [0.1, 0.15) is 5.69 Å². The zero-order valence-corrected chi connectivity index (χ0v) is 15.4. The first kappa shape index (κ1) is 17.4. The van der Waals surface area contributed by atoms with Crippen LogP contribution in [0.3, 0.4) is 0 Å². The molecule has 5 rings (SSSR count). The van der Waals surface area contributed by atoms with Crippen LogP contribution in [0.2, 0.25) is 0 Å². The first-order chi connectivity index (χ1) is 14.7. The number of hydrogen-bond donors (Lipinski definition) is 1. The summed E-state index contributed by atoms with van der Waals surface area (Å²) in [5, 5.41) is 17.4. The fraction of sp³-hybridized carbons (Fsp3) is 0. The van der Waals surface area contributed by atoms with E-state index in [0.29, 0.717) is 28.5 Å². The van der Waals surface area contributed by atoms with Gasteiger partial charge < -0.3 is 5.32 Å². The zero-order valence-electron chi connectivity index (χ0n) is 15.4. The molecule has 9 heteroatoms. The van der Waals surface area contributed by atoms with E-state index < -0.39 is 5.56 Å². The Labute approximate surface area is 169 Å². The Kier molecular flexibility index (Phi) is 4.08. The van der Waals surface area contributed by atoms with Crippen LogP contribution >= 0.6 is 0 Å². The van der Waals surface area contributed by atoms with E-state index in [1.807, 2.05) is 24.3 Å². The number of nitriles is 1. The molecule has 3 aromatic heterocycles. The van der Waals surface area contributed by atoms with Gasteiger partial charge in [-0.15, -0.1) is 5.10 Å². The predicted molar refractivity (Wildman–Crippen MR) is 110 cm³/mol. The molecule has 0 radical (unpaired) electrons. The van der Waals surface area contributed by atoms with Crippen molar-refractivity contribution in [3.8, 4) is 17.5 Å². The van der Waals surface area contributed by atoms with Crippen LogP contribution in [0.15, 0.2) is 71.9 Å². The van der Waals surface area contributed by atoms with Crippen molar-refractivity contribution in [1.29, 1.82) is 5.26 Å². The average Bonchev–Trinajstić information content (AvgIpc) is 3.14. The summed E-state index contributed by atoms with van der Waals surface area (Å²) in [5.74, 6) is 0.779. The Balaban J connectivity index is 1.73. The summed E-state index contributed by atoms with van der Waals surface area (Å²) in [4.78, 5) is 29.2. The zero-order chi connectivity index (χ0) is 20.5. The summed E-state index contributed by atoms with van der Waals surface area (Å²) in [7, 11) is 0. The summed E-state index contributed by atoms with van der Waals surface area (Å²) >= 11 is 0. The van der Waals surface area contributed by atoms with Gasteiger partial charge in [0.25, 0.3) is 5.56 Å². The van der Waals surface area contributed by atoms with E-state index >= 15 is 0 Å². The number of anilines is 2. The average molecular weight is 392 g/mol. The molecular formula is C21H12N8O. The van der Waals surface area contributed by atoms with Crippen LogP contribution in [0, 0.1) is 11.3 Å². The lowest BCUT2D eigenvalue weighted by atomic mass is 10.1. The second kappa shape index (κ2) is 7.03. The highest BCUT2D eigenvalue weighted by Gasteiger charge is 2.15. The van der Waals surface area contributed by atoms with Gasteiger partial charge in [-0.3, -0.25) is 9.78 Å². The maximum atomic E-state index is 12.2. The first-order valence-electron chi connectivity index (χ1n) is 8.96. The molecule has 0 atom stereocenters. The maximum Gasteiger partial charge on any atom is 0.295 e. The largest absolute Gasteiger partial charge is 0.318 e. The molecular weight excluding hydrogens is 380 g/mol. The van der Waals surface area contributed by atoms with Crippen molar-refractivity contribution in [3.63, 3.8) is 0 Å². The van der Waals surface area contributed by atoms with Gasteiger partial charge in [0, 0.05) is 23.3 Å². The van der Waals surface area contributed by atoms with Crippen molar-refractivity contribution in [3.05, 3.63) is 83.0 Å². The van der Waals surface area contributed by atoms with Crippen LogP contribution in [-0.2, 0) is 0 Å². The Morgan fingerprint density at radius 2 is 1.83 bits per heavy atom. The normalized spacial score (nSPS) is 10.8. The molecule has 0 saturated heterocycles. The number of benzene rings is 2. The molecule has 0 amide bonds. The molecule has 1 N–H and O–H groups in total. The van der Waals surface area contributed by atoms with Gasteiger partial charge >= 0.3 is 0 Å². The van der Waals surface area contributed by atoms with E-state index in [2.05, 4.69) is 36.4 Å². The molecule has 2 aromatic carbocycles. The van der Waals surface area contributed by atoms with Gasteiger partial charge in [0.2, 0.25) is 5.95 Å². The van der Waals surface area contributed by atoms with Gasteiger partial charge in [0.05, 0.1) is 23.3 Å². The number of hydrogen-bond acceptors (Lipinski definition) is 8. The minimum absolute atomic E-state index is 0.166. The summed E-state index contributed by atoms with van der Waals surface area (Å²) in [6.07, 6.45) is 4.14. The van der Waals surface area contributed by atoms with Crippen LogP contribution < -0.4 is 10.9 Å². The lowest BCUT2D eigenvalue weighted by Crippen LogP contribution is -2.11. The van der Waals surface area contributed by atoms with E-state index in [4.69, 9.17) is 5.26 Å². The molecule has 3 heterocycles. The highest BCUT2D eigenvalue weighted by Crippen LogP contribution is 2.25. The summed E-state index contributed by atoms with van der Waals surface area (Å²) in [6.45, 7) is 0. The van der Waals surface area contributed by atoms with E-state index in [-0.39, 0.29) is 5.69 Å². The third-order valence-corrected chi connectivity index (χ3v) is 4.48. The molecule has 0 saturated carbocycles. The van der Waals surface area contributed by atoms with Crippen LogP contribution in [0.25, 0.3) is 27.9 Å². The molecule has 5 aromatic rings. The predicted octanol–water partition coefficient (Wildman–Crippen LogP) is 2.71. The summed E-state index contributed by atoms with van der Waals surface area (Å²) < 4.78 is 1.54. The number of fused-ring (bicyclic) bond motifs is 3. The van der Waals surface area contributed by atoms with Gasteiger partial charge in [-0.1, -0.05) is 12.1 Å². The molecule has 0 bridgehead atoms. The van der Waals surface area contributed by atoms with Gasteiger partial charge in [-0.25, -0.2) is 15.0 Å². The summed E-state index contributed by atoms with van der Waals surface area (Å²) in [5.41, 5.74) is 2.28. The third kappa shape index (κ3) is 2.98. The molecule has 0 aliphatic carbocycles. The Hall–Kier alpha value is -4.71. The first-order valence-corrected chi connectivity index (χ1v) is 8.96. The van der Waals surface area contributed by atoms with E-state index in [1.165, 1.54) is 18.6 Å². The Morgan fingerprint density at radius 3 is 2.67 bits per heavy atom. The smallest absolute Gasteiger partial charge is 0.295 e. The van der Waals surface area contributed by atoms with E-state index in [0.717, 1.165) is 10.9 Å². The standard InChI is InChI=1S/C21H12N8O/c22-11-13-5-7-14(8-6-13)18-27-19-15-3-1-2-4-16(15)25-21(29(19)28-18)26-17-12-23-9-10-24-20(17)30/h1-10,12H,(H,24,25,26,30). The van der Waals surface area contributed by atoms with Crippen molar-refractivity contribution in [2.45, 2.75) is 0 Å². The van der Waals surface area contributed by atoms with E-state index in [9.17, 15) is 4.79 Å². The van der Waals surface area contributed by atoms with E-state index in [1.54, 1.807) is 28.8 Å². The quantitative estimate of drug-likeness (QED) is 0.497. The van der Waals surface area contributed by atoms with Crippen LogP contribution in [0.5, 0.6) is 0 Å². The molecule has 0 spiro atoms. The summed E-state index contributed by atoms with van der Waals surface area (Å²) in [6, 6.07) is 16.6. The van der Waals surface area contributed by atoms with Gasteiger partial charge in [0.15, 0.2) is 11.5 Å². The maximum absolute atomic E-state index is 12.2. The van der Waals surface area contributed by atoms with Crippen LogP contribution in [0.1, 0.15) is 5.56 Å². The number of nitrogens with zero attached hydrogens (tertiary/aromatic N) is 7. The second-order valence-corrected chi connectivity index (χ2v) is 6.36. The highest BCUT2D eigenvalue weighted by molar-refractivity contribution is 5.93.